The first-order valence-corrected chi connectivity index (χ1v) is 7.75. The zero-order chi connectivity index (χ0) is 14.1. The molecular formula is C16H20ClNO2. The molecular weight excluding hydrogens is 274 g/mol. The third-order valence-electron chi connectivity index (χ3n) is 4.56. The smallest absolute Gasteiger partial charge is 0.223 e. The summed E-state index contributed by atoms with van der Waals surface area (Å²) in [6.07, 6.45) is 4.55. The highest BCUT2D eigenvalue weighted by molar-refractivity contribution is 6.31. The van der Waals surface area contributed by atoms with Crippen LogP contribution in [0.3, 0.4) is 0 Å². The molecule has 1 amide bonds. The summed E-state index contributed by atoms with van der Waals surface area (Å²) >= 11 is 6.12. The Morgan fingerprint density at radius 3 is 2.55 bits per heavy atom. The Morgan fingerprint density at radius 2 is 1.90 bits per heavy atom. The van der Waals surface area contributed by atoms with Crippen molar-refractivity contribution >= 4 is 17.5 Å². The SMILES string of the molecule is O=C(CCc1ccccc1Cl)N1C2CCC1CC(O)C2. The predicted octanol–water partition coefficient (Wildman–Crippen LogP) is 2.79. The monoisotopic (exact) mass is 293 g/mol. The summed E-state index contributed by atoms with van der Waals surface area (Å²) in [4.78, 5) is 14.5. The zero-order valence-electron chi connectivity index (χ0n) is 11.5. The van der Waals surface area contributed by atoms with Crippen LogP contribution in [0.25, 0.3) is 0 Å². The van der Waals surface area contributed by atoms with Crippen LogP contribution in [-0.4, -0.2) is 34.1 Å². The highest BCUT2D eigenvalue weighted by Gasteiger charge is 2.42. The molecule has 0 saturated carbocycles. The number of piperidine rings is 1. The molecule has 2 fully saturated rings. The Balaban J connectivity index is 1.62. The number of carbonyl (C=O) groups is 1. The summed E-state index contributed by atoms with van der Waals surface area (Å²) < 4.78 is 0. The minimum Gasteiger partial charge on any atom is -0.393 e. The van der Waals surface area contributed by atoms with Gasteiger partial charge in [-0.05, 0) is 43.7 Å². The van der Waals surface area contributed by atoms with Crippen LogP contribution in [0.15, 0.2) is 24.3 Å². The minimum absolute atomic E-state index is 0.212. The third kappa shape index (κ3) is 2.70. The van der Waals surface area contributed by atoms with Gasteiger partial charge < -0.3 is 10.0 Å². The second-order valence-electron chi connectivity index (χ2n) is 5.90. The summed E-state index contributed by atoms with van der Waals surface area (Å²) in [7, 11) is 0. The Morgan fingerprint density at radius 1 is 1.25 bits per heavy atom. The number of nitrogens with zero attached hydrogens (tertiary/aromatic N) is 1. The molecule has 0 aliphatic carbocycles. The molecule has 1 aromatic carbocycles. The van der Waals surface area contributed by atoms with Crippen molar-refractivity contribution in [2.24, 2.45) is 0 Å². The Hall–Kier alpha value is -1.06. The molecule has 1 N–H and O–H groups in total. The van der Waals surface area contributed by atoms with Crippen LogP contribution in [0, 0.1) is 0 Å². The molecule has 2 unspecified atom stereocenters. The number of fused-ring (bicyclic) bond motifs is 2. The van der Waals surface area contributed by atoms with Gasteiger partial charge in [0.1, 0.15) is 0 Å². The van der Waals surface area contributed by atoms with Gasteiger partial charge in [-0.25, -0.2) is 0 Å². The van der Waals surface area contributed by atoms with E-state index < -0.39 is 0 Å². The average molecular weight is 294 g/mol. The van der Waals surface area contributed by atoms with Gasteiger partial charge in [0.15, 0.2) is 0 Å². The molecule has 2 heterocycles. The molecule has 108 valence electrons. The van der Waals surface area contributed by atoms with Crippen LogP contribution in [0.5, 0.6) is 0 Å². The van der Waals surface area contributed by atoms with Gasteiger partial charge in [0.05, 0.1) is 6.10 Å². The average Bonchev–Trinajstić information content (AvgIpc) is 2.70. The van der Waals surface area contributed by atoms with E-state index in [1.807, 2.05) is 29.2 Å². The van der Waals surface area contributed by atoms with Crippen molar-refractivity contribution in [2.45, 2.75) is 56.7 Å². The number of benzene rings is 1. The lowest BCUT2D eigenvalue weighted by Gasteiger charge is -2.37. The van der Waals surface area contributed by atoms with Crippen molar-refractivity contribution in [3.8, 4) is 0 Å². The van der Waals surface area contributed by atoms with E-state index in [1.165, 1.54) is 0 Å². The normalized spacial score (nSPS) is 28.7. The summed E-state index contributed by atoms with van der Waals surface area (Å²) in [5.41, 5.74) is 1.03. The van der Waals surface area contributed by atoms with E-state index >= 15 is 0 Å². The number of amides is 1. The van der Waals surface area contributed by atoms with E-state index in [4.69, 9.17) is 11.6 Å². The number of hydrogen-bond donors (Lipinski definition) is 1. The molecule has 0 aromatic heterocycles. The standard InChI is InChI=1S/C16H20ClNO2/c17-15-4-2-1-3-11(15)5-8-16(20)18-12-6-7-13(18)10-14(19)9-12/h1-4,12-14,19H,5-10H2. The largest absolute Gasteiger partial charge is 0.393 e. The molecule has 0 radical (unpaired) electrons. The molecule has 4 heteroatoms. The molecule has 2 bridgehead atoms. The van der Waals surface area contributed by atoms with E-state index in [-0.39, 0.29) is 24.1 Å². The van der Waals surface area contributed by atoms with Gasteiger partial charge in [-0.3, -0.25) is 4.79 Å². The van der Waals surface area contributed by atoms with Crippen molar-refractivity contribution in [3.05, 3.63) is 34.9 Å². The maximum atomic E-state index is 12.5. The number of hydrogen-bond acceptors (Lipinski definition) is 2. The van der Waals surface area contributed by atoms with Gasteiger partial charge in [-0.2, -0.15) is 0 Å². The Kier molecular flexibility index (Phi) is 3.99. The van der Waals surface area contributed by atoms with Crippen LogP contribution in [-0.2, 0) is 11.2 Å². The topological polar surface area (TPSA) is 40.5 Å². The lowest BCUT2D eigenvalue weighted by atomic mass is 9.99. The second kappa shape index (κ2) is 5.74. The Bertz CT molecular complexity index is 491. The number of aryl methyl sites for hydroxylation is 1. The van der Waals surface area contributed by atoms with E-state index in [2.05, 4.69) is 0 Å². The van der Waals surface area contributed by atoms with E-state index in [0.717, 1.165) is 36.3 Å². The molecule has 2 aliphatic heterocycles. The molecule has 20 heavy (non-hydrogen) atoms. The molecule has 2 atom stereocenters. The van der Waals surface area contributed by atoms with Crippen molar-refractivity contribution < 1.29 is 9.90 Å². The number of aliphatic hydroxyl groups is 1. The summed E-state index contributed by atoms with van der Waals surface area (Å²) in [5, 5.41) is 10.5. The zero-order valence-corrected chi connectivity index (χ0v) is 12.2. The number of halogens is 1. The van der Waals surface area contributed by atoms with Gasteiger partial charge in [0.2, 0.25) is 5.91 Å². The Labute approximate surface area is 124 Å². The van der Waals surface area contributed by atoms with E-state index in [9.17, 15) is 9.90 Å². The fourth-order valence-electron chi connectivity index (χ4n) is 3.63. The van der Waals surface area contributed by atoms with Crippen LogP contribution in [0.4, 0.5) is 0 Å². The summed E-state index contributed by atoms with van der Waals surface area (Å²) in [6, 6.07) is 8.20. The van der Waals surface area contributed by atoms with Gasteiger partial charge in [0, 0.05) is 23.5 Å². The number of aliphatic hydroxyl groups excluding tert-OH is 1. The highest BCUT2D eigenvalue weighted by Crippen LogP contribution is 2.36. The lowest BCUT2D eigenvalue weighted by Crippen LogP contribution is -2.48. The van der Waals surface area contributed by atoms with Crippen molar-refractivity contribution in [1.29, 1.82) is 0 Å². The molecule has 2 saturated heterocycles. The summed E-state index contributed by atoms with van der Waals surface area (Å²) in [6.45, 7) is 0. The molecule has 3 nitrogen and oxygen atoms in total. The van der Waals surface area contributed by atoms with Crippen LogP contribution in [0.1, 0.15) is 37.7 Å². The van der Waals surface area contributed by atoms with E-state index in [0.29, 0.717) is 12.8 Å². The first kappa shape index (κ1) is 13.9. The molecule has 0 spiro atoms. The molecule has 2 aliphatic rings. The number of rotatable bonds is 3. The summed E-state index contributed by atoms with van der Waals surface area (Å²) in [5.74, 6) is 0.212. The lowest BCUT2D eigenvalue weighted by molar-refractivity contribution is -0.137. The van der Waals surface area contributed by atoms with Crippen molar-refractivity contribution in [1.82, 2.24) is 4.90 Å². The minimum atomic E-state index is -0.222. The second-order valence-corrected chi connectivity index (χ2v) is 6.31. The van der Waals surface area contributed by atoms with Gasteiger partial charge in [-0.15, -0.1) is 0 Å². The first-order valence-electron chi connectivity index (χ1n) is 7.38. The van der Waals surface area contributed by atoms with Crippen LogP contribution >= 0.6 is 11.6 Å². The van der Waals surface area contributed by atoms with Gasteiger partial charge in [-0.1, -0.05) is 29.8 Å². The highest BCUT2D eigenvalue weighted by atomic mass is 35.5. The van der Waals surface area contributed by atoms with Crippen LogP contribution in [0.2, 0.25) is 5.02 Å². The maximum absolute atomic E-state index is 12.5. The maximum Gasteiger partial charge on any atom is 0.223 e. The van der Waals surface area contributed by atoms with Crippen LogP contribution < -0.4 is 0 Å². The van der Waals surface area contributed by atoms with Gasteiger partial charge in [0.25, 0.3) is 0 Å². The van der Waals surface area contributed by atoms with Gasteiger partial charge >= 0.3 is 0 Å². The van der Waals surface area contributed by atoms with E-state index in [1.54, 1.807) is 0 Å². The fraction of sp³-hybridized carbons (Fsp3) is 0.562. The van der Waals surface area contributed by atoms with Crippen molar-refractivity contribution in [3.63, 3.8) is 0 Å². The van der Waals surface area contributed by atoms with Crippen molar-refractivity contribution in [2.75, 3.05) is 0 Å². The predicted molar refractivity (Wildman–Crippen MR) is 78.7 cm³/mol. The first-order chi connectivity index (χ1) is 9.65. The fourth-order valence-corrected chi connectivity index (χ4v) is 3.86. The number of carbonyl (C=O) groups excluding carboxylic acids is 1. The third-order valence-corrected chi connectivity index (χ3v) is 4.93. The molecule has 3 rings (SSSR count). The quantitative estimate of drug-likeness (QED) is 0.931. The molecule has 1 aromatic rings.